The number of amides is 2. The molecule has 0 saturated carbocycles. The Morgan fingerprint density at radius 1 is 1.05 bits per heavy atom. The SMILES string of the molecule is COc1ccc(C[C@H]2NC(=O)/C=C/C[C@@H]([C@H](C)C=Cc3ccccc3)OC(=O)[C@H](CC(C)C)OC(=O)CCNC2=O)cc1Cl. The molecule has 1 aliphatic rings. The summed E-state index contributed by atoms with van der Waals surface area (Å²) in [4.78, 5) is 52.0. The highest BCUT2D eigenvalue weighted by molar-refractivity contribution is 6.32. The summed E-state index contributed by atoms with van der Waals surface area (Å²) in [5.41, 5.74) is 1.69. The minimum atomic E-state index is -1.10. The van der Waals surface area contributed by atoms with Crippen LogP contribution in [0.1, 0.15) is 51.2 Å². The first kappa shape index (κ1) is 34.4. The Morgan fingerprint density at radius 3 is 2.48 bits per heavy atom. The summed E-state index contributed by atoms with van der Waals surface area (Å²) in [5.74, 6) is -1.96. The summed E-state index contributed by atoms with van der Waals surface area (Å²) in [6, 6.07) is 13.9. The number of cyclic esters (lactones) is 2. The minimum absolute atomic E-state index is 0.0450. The van der Waals surface area contributed by atoms with Crippen molar-refractivity contribution in [2.45, 2.75) is 64.7 Å². The molecule has 0 spiro atoms. The zero-order valence-corrected chi connectivity index (χ0v) is 26.3. The van der Waals surface area contributed by atoms with Gasteiger partial charge >= 0.3 is 11.9 Å². The molecule has 2 aromatic rings. The van der Waals surface area contributed by atoms with E-state index in [1.807, 2.05) is 63.3 Å². The molecule has 3 rings (SSSR count). The Morgan fingerprint density at radius 2 is 1.80 bits per heavy atom. The lowest BCUT2D eigenvalue weighted by Crippen LogP contribution is -2.48. The van der Waals surface area contributed by atoms with Gasteiger partial charge in [0.2, 0.25) is 11.8 Å². The molecule has 236 valence electrons. The van der Waals surface area contributed by atoms with Gasteiger partial charge < -0.3 is 24.8 Å². The Labute approximate surface area is 264 Å². The van der Waals surface area contributed by atoms with Crippen molar-refractivity contribution in [3.05, 3.63) is 82.9 Å². The maximum absolute atomic E-state index is 13.3. The molecular formula is C34H41ClN2O7. The first-order valence-electron chi connectivity index (χ1n) is 14.8. The highest BCUT2D eigenvalue weighted by Crippen LogP contribution is 2.25. The highest BCUT2D eigenvalue weighted by atomic mass is 35.5. The molecule has 0 aliphatic carbocycles. The van der Waals surface area contributed by atoms with Crippen molar-refractivity contribution in [1.82, 2.24) is 10.6 Å². The van der Waals surface area contributed by atoms with E-state index in [4.69, 9.17) is 25.8 Å². The van der Waals surface area contributed by atoms with Crippen molar-refractivity contribution in [3.63, 3.8) is 0 Å². The van der Waals surface area contributed by atoms with Crippen molar-refractivity contribution in [2.75, 3.05) is 13.7 Å². The summed E-state index contributed by atoms with van der Waals surface area (Å²) in [6.07, 6.45) is 5.54. The van der Waals surface area contributed by atoms with Gasteiger partial charge in [0.05, 0.1) is 18.6 Å². The summed E-state index contributed by atoms with van der Waals surface area (Å²) >= 11 is 6.27. The summed E-state index contributed by atoms with van der Waals surface area (Å²) in [7, 11) is 1.50. The molecule has 4 atom stereocenters. The average molecular weight is 625 g/mol. The lowest BCUT2D eigenvalue weighted by Gasteiger charge is -2.25. The molecule has 0 saturated heterocycles. The van der Waals surface area contributed by atoms with Crippen molar-refractivity contribution in [3.8, 4) is 5.75 Å². The normalized spacial score (nSPS) is 22.1. The molecule has 9 nitrogen and oxygen atoms in total. The smallest absolute Gasteiger partial charge is 0.347 e. The Hall–Kier alpha value is -4.11. The molecule has 1 heterocycles. The number of hydrogen-bond acceptors (Lipinski definition) is 7. The second-order valence-electron chi connectivity index (χ2n) is 11.1. The van der Waals surface area contributed by atoms with Crippen LogP contribution in [0.15, 0.2) is 66.8 Å². The Balaban J connectivity index is 1.86. The molecule has 2 N–H and O–H groups in total. The fraction of sp³-hybridized carbons (Fsp3) is 0.412. The molecule has 44 heavy (non-hydrogen) atoms. The number of carbonyl (C=O) groups excluding carboxylic acids is 4. The Kier molecular flexibility index (Phi) is 13.5. The van der Waals surface area contributed by atoms with E-state index in [1.54, 1.807) is 24.3 Å². The number of carbonyl (C=O) groups is 4. The van der Waals surface area contributed by atoms with E-state index < -0.39 is 42.0 Å². The number of nitrogens with one attached hydrogen (secondary N) is 2. The maximum Gasteiger partial charge on any atom is 0.347 e. The van der Waals surface area contributed by atoms with Crippen LogP contribution in [0.2, 0.25) is 5.02 Å². The van der Waals surface area contributed by atoms with Gasteiger partial charge in [-0.25, -0.2) is 4.79 Å². The zero-order valence-electron chi connectivity index (χ0n) is 25.6. The van der Waals surface area contributed by atoms with E-state index in [9.17, 15) is 19.2 Å². The van der Waals surface area contributed by atoms with Crippen molar-refractivity contribution in [2.24, 2.45) is 11.8 Å². The van der Waals surface area contributed by atoms with E-state index in [0.29, 0.717) is 16.3 Å². The second kappa shape index (κ2) is 17.3. The number of halogens is 1. The van der Waals surface area contributed by atoms with Gasteiger partial charge in [0.15, 0.2) is 6.10 Å². The number of methoxy groups -OCH3 is 1. The van der Waals surface area contributed by atoms with Crippen molar-refractivity contribution >= 4 is 41.4 Å². The van der Waals surface area contributed by atoms with Gasteiger partial charge in [0.25, 0.3) is 0 Å². The first-order valence-corrected chi connectivity index (χ1v) is 15.1. The van der Waals surface area contributed by atoms with Crippen LogP contribution in [-0.2, 0) is 35.1 Å². The predicted molar refractivity (Wildman–Crippen MR) is 169 cm³/mol. The van der Waals surface area contributed by atoms with Gasteiger partial charge in [-0.1, -0.05) is 87.0 Å². The highest BCUT2D eigenvalue weighted by Gasteiger charge is 2.30. The van der Waals surface area contributed by atoms with Gasteiger partial charge in [-0.2, -0.15) is 0 Å². The molecule has 1 aliphatic heterocycles. The largest absolute Gasteiger partial charge is 0.495 e. The fourth-order valence-corrected chi connectivity index (χ4v) is 4.89. The number of benzene rings is 2. The third-order valence-electron chi connectivity index (χ3n) is 7.02. The van der Waals surface area contributed by atoms with Crippen LogP contribution in [0, 0.1) is 11.8 Å². The fourth-order valence-electron chi connectivity index (χ4n) is 4.61. The van der Waals surface area contributed by atoms with Crippen LogP contribution in [-0.4, -0.2) is 55.7 Å². The third kappa shape index (κ3) is 11.2. The topological polar surface area (TPSA) is 120 Å². The first-order chi connectivity index (χ1) is 21.0. The van der Waals surface area contributed by atoms with Crippen molar-refractivity contribution in [1.29, 1.82) is 0 Å². The minimum Gasteiger partial charge on any atom is -0.495 e. The molecule has 0 radical (unpaired) electrons. The van der Waals surface area contributed by atoms with E-state index in [0.717, 1.165) is 5.56 Å². The predicted octanol–water partition coefficient (Wildman–Crippen LogP) is 5.06. The van der Waals surface area contributed by atoms with Crippen LogP contribution in [0.4, 0.5) is 0 Å². The molecule has 0 unspecified atom stereocenters. The standard InChI is InChI=1S/C34H41ClN2O7/c1-22(2)19-30-34(41)44-28(23(3)13-14-24-9-6-5-7-10-24)11-8-12-31(38)37-27(33(40)36-18-17-32(39)43-30)21-25-15-16-29(42-4)26(35)20-25/h5-10,12-16,20,22-23,27-28,30H,11,17-19,21H2,1-4H3,(H,36,40)(H,37,38)/b12-8+,14-13?/t23-,27-,28+,30+/m1/s1. The van der Waals surface area contributed by atoms with Gasteiger partial charge in [-0.3, -0.25) is 14.4 Å². The van der Waals surface area contributed by atoms with E-state index >= 15 is 0 Å². The monoisotopic (exact) mass is 624 g/mol. The molecule has 0 fully saturated rings. The summed E-state index contributed by atoms with van der Waals surface area (Å²) in [5, 5.41) is 5.79. The van der Waals surface area contributed by atoms with E-state index in [-0.39, 0.29) is 44.1 Å². The van der Waals surface area contributed by atoms with Crippen LogP contribution in [0.3, 0.4) is 0 Å². The zero-order chi connectivity index (χ0) is 32.1. The summed E-state index contributed by atoms with van der Waals surface area (Å²) in [6.45, 7) is 5.70. The lowest BCUT2D eigenvalue weighted by molar-refractivity contribution is -0.173. The number of ether oxygens (including phenoxy) is 3. The number of hydrogen-bond donors (Lipinski definition) is 2. The second-order valence-corrected chi connectivity index (χ2v) is 11.5. The molecule has 0 aromatic heterocycles. The third-order valence-corrected chi connectivity index (χ3v) is 7.32. The van der Waals surface area contributed by atoms with Crippen molar-refractivity contribution < 1.29 is 33.4 Å². The van der Waals surface area contributed by atoms with Gasteiger partial charge in [-0.15, -0.1) is 0 Å². The van der Waals surface area contributed by atoms with Gasteiger partial charge in [-0.05, 0) is 41.7 Å². The molecule has 2 aromatic carbocycles. The molecular weight excluding hydrogens is 584 g/mol. The number of rotatable bonds is 8. The lowest BCUT2D eigenvalue weighted by atomic mass is 9.99. The molecule has 2 amide bonds. The van der Waals surface area contributed by atoms with Gasteiger partial charge in [0, 0.05) is 25.3 Å². The van der Waals surface area contributed by atoms with Crippen LogP contribution < -0.4 is 15.4 Å². The molecule has 10 heteroatoms. The average Bonchev–Trinajstić information content (AvgIpc) is 2.98. The van der Waals surface area contributed by atoms with Gasteiger partial charge in [0.1, 0.15) is 17.9 Å². The Bertz CT molecular complexity index is 1340. The summed E-state index contributed by atoms with van der Waals surface area (Å²) < 4.78 is 16.6. The quantitative estimate of drug-likeness (QED) is 0.394. The number of esters is 2. The van der Waals surface area contributed by atoms with Crippen LogP contribution in [0.5, 0.6) is 5.75 Å². The van der Waals surface area contributed by atoms with Crippen LogP contribution >= 0.6 is 11.6 Å². The van der Waals surface area contributed by atoms with E-state index in [1.165, 1.54) is 13.2 Å². The maximum atomic E-state index is 13.3. The molecule has 0 bridgehead atoms. The van der Waals surface area contributed by atoms with E-state index in [2.05, 4.69) is 10.6 Å². The van der Waals surface area contributed by atoms with Crippen LogP contribution in [0.25, 0.3) is 6.08 Å².